The van der Waals surface area contributed by atoms with Crippen LogP contribution in [0.2, 0.25) is 5.02 Å². The number of hydrogen-bond donors (Lipinski definition) is 2. The predicted octanol–water partition coefficient (Wildman–Crippen LogP) is 1.67. The van der Waals surface area contributed by atoms with E-state index >= 15 is 0 Å². The zero-order chi connectivity index (χ0) is 13.1. The van der Waals surface area contributed by atoms with Gasteiger partial charge < -0.3 is 10.4 Å². The van der Waals surface area contributed by atoms with Crippen molar-refractivity contribution in [2.24, 2.45) is 0 Å². The van der Waals surface area contributed by atoms with Gasteiger partial charge in [-0.15, -0.1) is 0 Å². The molecule has 5 heteroatoms. The molecular formula is C13H10ClNO3. The summed E-state index contributed by atoms with van der Waals surface area (Å²) in [7, 11) is 0. The smallest absolute Gasteiger partial charge is 0.382 e. The first-order valence-electron chi connectivity index (χ1n) is 5.41. The van der Waals surface area contributed by atoms with Crippen molar-refractivity contribution < 1.29 is 14.7 Å². The normalized spacial score (nSPS) is 13.4. The Balaban J connectivity index is 2.16. The third-order valence-electron chi connectivity index (χ3n) is 2.44. The van der Waals surface area contributed by atoms with E-state index in [2.05, 4.69) is 11.2 Å². The van der Waals surface area contributed by atoms with E-state index in [1.54, 1.807) is 12.1 Å². The summed E-state index contributed by atoms with van der Waals surface area (Å²) in [6, 6.07) is 4.87. The Morgan fingerprint density at radius 1 is 1.39 bits per heavy atom. The molecule has 0 spiro atoms. The molecule has 1 saturated carbocycles. The second-order valence-corrected chi connectivity index (χ2v) is 4.40. The molecule has 0 saturated heterocycles. The van der Waals surface area contributed by atoms with Crippen molar-refractivity contribution in [3.63, 3.8) is 0 Å². The minimum atomic E-state index is -1.21. The molecule has 2 rings (SSSR count). The summed E-state index contributed by atoms with van der Waals surface area (Å²) in [6.07, 6.45) is 2.01. The van der Waals surface area contributed by atoms with Gasteiger partial charge in [0.15, 0.2) is 0 Å². The van der Waals surface area contributed by atoms with Crippen molar-refractivity contribution in [2.45, 2.75) is 18.9 Å². The molecule has 0 aliphatic heterocycles. The number of hydrogen-bond acceptors (Lipinski definition) is 2. The molecule has 0 radical (unpaired) electrons. The third kappa shape index (κ3) is 3.25. The summed E-state index contributed by atoms with van der Waals surface area (Å²) in [6.45, 7) is 0. The lowest BCUT2D eigenvalue weighted by Crippen LogP contribution is -2.25. The lowest BCUT2D eigenvalue weighted by molar-refractivity contribution is -0.130. The van der Waals surface area contributed by atoms with Gasteiger partial charge >= 0.3 is 5.97 Å². The Bertz CT molecular complexity index is 567. The van der Waals surface area contributed by atoms with E-state index < -0.39 is 5.97 Å². The van der Waals surface area contributed by atoms with E-state index in [0.717, 1.165) is 12.8 Å². The highest BCUT2D eigenvalue weighted by atomic mass is 35.5. The average Bonchev–Trinajstić information content (AvgIpc) is 3.10. The number of rotatable bonds is 2. The van der Waals surface area contributed by atoms with Gasteiger partial charge in [0.1, 0.15) is 0 Å². The minimum absolute atomic E-state index is 0.208. The Labute approximate surface area is 109 Å². The standard InChI is InChI=1S/C13H10ClNO3/c14-11-7-8(2-6-12(16)17)1-5-10(11)13(18)15-9-3-4-9/h1,5,7,9H,3-4H2,(H,15,18)(H,16,17). The van der Waals surface area contributed by atoms with E-state index in [1.165, 1.54) is 6.07 Å². The fourth-order valence-electron chi connectivity index (χ4n) is 1.39. The molecule has 2 N–H and O–H groups in total. The largest absolute Gasteiger partial charge is 0.472 e. The van der Waals surface area contributed by atoms with Crippen molar-refractivity contribution in [3.8, 4) is 11.8 Å². The van der Waals surface area contributed by atoms with Crippen LogP contribution < -0.4 is 5.32 Å². The zero-order valence-corrected chi connectivity index (χ0v) is 10.1. The SMILES string of the molecule is O=C(O)C#Cc1ccc(C(=O)NC2CC2)c(Cl)c1. The molecule has 0 bridgehead atoms. The van der Waals surface area contributed by atoms with Crippen LogP contribution in [0.5, 0.6) is 0 Å². The van der Waals surface area contributed by atoms with Crippen LogP contribution in [-0.2, 0) is 4.79 Å². The molecule has 4 nitrogen and oxygen atoms in total. The summed E-state index contributed by atoms with van der Waals surface area (Å²) in [5, 5.41) is 11.5. The number of carbonyl (C=O) groups is 2. The second kappa shape index (κ2) is 5.11. The molecule has 1 aliphatic rings. The predicted molar refractivity (Wildman–Crippen MR) is 66.5 cm³/mol. The molecular weight excluding hydrogens is 254 g/mol. The lowest BCUT2D eigenvalue weighted by atomic mass is 10.1. The van der Waals surface area contributed by atoms with Crippen LogP contribution in [0.4, 0.5) is 0 Å². The number of halogens is 1. The Kier molecular flexibility index (Phi) is 3.54. The second-order valence-electron chi connectivity index (χ2n) is 4.00. The molecule has 0 atom stereocenters. The molecule has 18 heavy (non-hydrogen) atoms. The van der Waals surface area contributed by atoms with E-state index in [1.807, 2.05) is 5.92 Å². The topological polar surface area (TPSA) is 66.4 Å². The average molecular weight is 264 g/mol. The van der Waals surface area contributed by atoms with Gasteiger partial charge in [0.25, 0.3) is 5.91 Å². The molecule has 92 valence electrons. The molecule has 1 amide bonds. The maximum Gasteiger partial charge on any atom is 0.382 e. The first-order chi connectivity index (χ1) is 8.56. The maximum absolute atomic E-state index is 11.8. The lowest BCUT2D eigenvalue weighted by Gasteiger charge is -2.05. The summed E-state index contributed by atoms with van der Waals surface area (Å²) in [4.78, 5) is 22.1. The van der Waals surface area contributed by atoms with Crippen LogP contribution in [0.25, 0.3) is 0 Å². The number of carbonyl (C=O) groups excluding carboxylic acids is 1. The summed E-state index contributed by atoms with van der Waals surface area (Å²) in [5.74, 6) is 3.01. The number of carboxylic acid groups (broad SMARTS) is 1. The summed E-state index contributed by atoms with van der Waals surface area (Å²) >= 11 is 5.97. The first-order valence-corrected chi connectivity index (χ1v) is 5.79. The highest BCUT2D eigenvalue weighted by Gasteiger charge is 2.24. The van der Waals surface area contributed by atoms with Gasteiger partial charge in [0.2, 0.25) is 0 Å². The van der Waals surface area contributed by atoms with Gasteiger partial charge in [-0.05, 0) is 31.0 Å². The highest BCUT2D eigenvalue weighted by Crippen LogP contribution is 2.22. The maximum atomic E-state index is 11.8. The van der Waals surface area contributed by atoms with Gasteiger partial charge in [0, 0.05) is 17.5 Å². The van der Waals surface area contributed by atoms with Crippen molar-refractivity contribution in [3.05, 3.63) is 34.3 Å². The van der Waals surface area contributed by atoms with Gasteiger partial charge in [0.05, 0.1) is 10.6 Å². The molecule has 1 fully saturated rings. The van der Waals surface area contributed by atoms with Gasteiger partial charge in [-0.2, -0.15) is 0 Å². The fraction of sp³-hybridized carbons (Fsp3) is 0.231. The van der Waals surface area contributed by atoms with Crippen molar-refractivity contribution >= 4 is 23.5 Å². The number of amides is 1. The monoisotopic (exact) mass is 263 g/mol. The fourth-order valence-corrected chi connectivity index (χ4v) is 1.66. The Morgan fingerprint density at radius 2 is 2.11 bits per heavy atom. The zero-order valence-electron chi connectivity index (χ0n) is 9.37. The van der Waals surface area contributed by atoms with Crippen LogP contribution in [-0.4, -0.2) is 23.0 Å². The third-order valence-corrected chi connectivity index (χ3v) is 2.75. The summed E-state index contributed by atoms with van der Waals surface area (Å²) in [5.41, 5.74) is 0.842. The van der Waals surface area contributed by atoms with Crippen molar-refractivity contribution in [2.75, 3.05) is 0 Å². The number of aliphatic carboxylic acids is 1. The van der Waals surface area contributed by atoms with Crippen LogP contribution in [0.1, 0.15) is 28.8 Å². The van der Waals surface area contributed by atoms with Crippen molar-refractivity contribution in [1.82, 2.24) is 5.32 Å². The minimum Gasteiger partial charge on any atom is -0.472 e. The van der Waals surface area contributed by atoms with E-state index in [0.29, 0.717) is 11.1 Å². The van der Waals surface area contributed by atoms with Crippen LogP contribution >= 0.6 is 11.6 Å². The van der Waals surface area contributed by atoms with E-state index in [9.17, 15) is 9.59 Å². The quantitative estimate of drug-likeness (QED) is 0.798. The highest BCUT2D eigenvalue weighted by molar-refractivity contribution is 6.34. The van der Waals surface area contributed by atoms with Gasteiger partial charge in [-0.25, -0.2) is 4.79 Å². The Morgan fingerprint density at radius 3 is 2.67 bits per heavy atom. The van der Waals surface area contributed by atoms with E-state index in [-0.39, 0.29) is 17.0 Å². The Hall–Kier alpha value is -1.99. The molecule has 1 aromatic rings. The molecule has 0 aromatic heterocycles. The molecule has 1 aliphatic carbocycles. The van der Waals surface area contributed by atoms with Crippen LogP contribution in [0.15, 0.2) is 18.2 Å². The molecule has 0 unspecified atom stereocenters. The van der Waals surface area contributed by atoms with E-state index in [4.69, 9.17) is 16.7 Å². The number of nitrogens with one attached hydrogen (secondary N) is 1. The van der Waals surface area contributed by atoms with Crippen LogP contribution in [0.3, 0.4) is 0 Å². The summed E-state index contributed by atoms with van der Waals surface area (Å²) < 4.78 is 0. The molecule has 1 aromatic carbocycles. The van der Waals surface area contributed by atoms with Crippen LogP contribution in [0, 0.1) is 11.8 Å². The van der Waals surface area contributed by atoms with Gasteiger partial charge in [-0.1, -0.05) is 17.5 Å². The molecule has 0 heterocycles. The number of carboxylic acids is 1. The van der Waals surface area contributed by atoms with Crippen molar-refractivity contribution in [1.29, 1.82) is 0 Å². The first kappa shape index (κ1) is 12.5. The number of benzene rings is 1. The van der Waals surface area contributed by atoms with Gasteiger partial charge in [-0.3, -0.25) is 4.79 Å².